The molecule has 2 rings (SSSR count). The lowest BCUT2D eigenvalue weighted by Crippen LogP contribution is -1.92. The van der Waals surface area contributed by atoms with Crippen LogP contribution in [0, 0.1) is 0 Å². The maximum absolute atomic E-state index is 6.32. The van der Waals surface area contributed by atoms with Gasteiger partial charge in [-0.25, -0.2) is 0 Å². The highest BCUT2D eigenvalue weighted by atomic mass is 79.9. The highest BCUT2D eigenvalue weighted by Gasteiger charge is 2.17. The van der Waals surface area contributed by atoms with Crippen LogP contribution in [-0.2, 0) is 7.05 Å². The Bertz CT molecular complexity index is 424. The molecule has 0 radical (unpaired) electrons. The molecule has 0 aromatic carbocycles. The van der Waals surface area contributed by atoms with Crippen molar-refractivity contribution in [2.45, 2.75) is 5.38 Å². The fourth-order valence-corrected chi connectivity index (χ4v) is 2.86. The number of aromatic nitrogens is 2. The zero-order valence-electron chi connectivity index (χ0n) is 7.45. The van der Waals surface area contributed by atoms with Crippen molar-refractivity contribution in [3.8, 4) is 0 Å². The molecule has 0 aliphatic rings. The van der Waals surface area contributed by atoms with Crippen molar-refractivity contribution in [3.05, 3.63) is 38.8 Å². The number of thiophene rings is 1. The van der Waals surface area contributed by atoms with E-state index in [1.165, 1.54) is 0 Å². The summed E-state index contributed by atoms with van der Waals surface area (Å²) in [5.74, 6) is 0. The molecule has 14 heavy (non-hydrogen) atoms. The minimum atomic E-state index is -0.113. The highest BCUT2D eigenvalue weighted by molar-refractivity contribution is 9.10. The lowest BCUT2D eigenvalue weighted by Gasteiger charge is -2.04. The molecule has 0 aliphatic carbocycles. The summed E-state index contributed by atoms with van der Waals surface area (Å²) in [4.78, 5) is 1.14. The second kappa shape index (κ2) is 4.04. The van der Waals surface area contributed by atoms with Gasteiger partial charge in [0.2, 0.25) is 0 Å². The Labute approximate surface area is 99.6 Å². The van der Waals surface area contributed by atoms with E-state index in [4.69, 9.17) is 11.6 Å². The second-order valence-electron chi connectivity index (χ2n) is 2.89. The van der Waals surface area contributed by atoms with Gasteiger partial charge in [0, 0.05) is 17.5 Å². The zero-order chi connectivity index (χ0) is 10.1. The first-order valence-corrected chi connectivity index (χ1v) is 6.16. The summed E-state index contributed by atoms with van der Waals surface area (Å²) in [5, 5.41) is 6.05. The quantitative estimate of drug-likeness (QED) is 0.774. The van der Waals surface area contributed by atoms with Crippen LogP contribution in [-0.4, -0.2) is 9.78 Å². The molecule has 5 heteroatoms. The number of hydrogen-bond donors (Lipinski definition) is 0. The topological polar surface area (TPSA) is 17.8 Å². The van der Waals surface area contributed by atoms with Crippen molar-refractivity contribution >= 4 is 38.9 Å². The molecule has 0 N–H and O–H groups in total. The smallest absolute Gasteiger partial charge is 0.108 e. The van der Waals surface area contributed by atoms with Gasteiger partial charge in [0.15, 0.2) is 0 Å². The predicted octanol–water partition coefficient (Wildman–Crippen LogP) is 3.57. The van der Waals surface area contributed by atoms with E-state index < -0.39 is 0 Å². The first-order chi connectivity index (χ1) is 6.70. The Morgan fingerprint density at radius 2 is 2.43 bits per heavy atom. The van der Waals surface area contributed by atoms with Crippen LogP contribution < -0.4 is 0 Å². The first kappa shape index (κ1) is 10.2. The molecule has 0 bridgehead atoms. The van der Waals surface area contributed by atoms with Gasteiger partial charge in [-0.3, -0.25) is 4.68 Å². The number of rotatable bonds is 2. The van der Waals surface area contributed by atoms with E-state index in [1.807, 2.05) is 24.6 Å². The lowest BCUT2D eigenvalue weighted by atomic mass is 10.2. The molecular formula is C9H8BrClN2S. The molecule has 0 spiro atoms. The Morgan fingerprint density at radius 3 is 2.93 bits per heavy atom. The van der Waals surface area contributed by atoms with E-state index in [-0.39, 0.29) is 5.38 Å². The molecule has 0 aliphatic heterocycles. The normalized spacial score (nSPS) is 13.1. The fourth-order valence-electron chi connectivity index (χ4n) is 1.20. The van der Waals surface area contributed by atoms with Crippen LogP contribution in [0.15, 0.2) is 28.3 Å². The van der Waals surface area contributed by atoms with E-state index in [2.05, 4.69) is 21.0 Å². The van der Waals surface area contributed by atoms with Crippen molar-refractivity contribution in [2.24, 2.45) is 7.05 Å². The standard InChI is InChI=1S/C9H8BrClN2S/c1-13-9(10)6(5-12-13)8(11)7-3-2-4-14-7/h2-5,8H,1H3. The fraction of sp³-hybridized carbons (Fsp3) is 0.222. The number of halogens is 2. The summed E-state index contributed by atoms with van der Waals surface area (Å²) in [5.41, 5.74) is 1.01. The zero-order valence-corrected chi connectivity index (χ0v) is 10.6. The lowest BCUT2D eigenvalue weighted by molar-refractivity contribution is 0.748. The third kappa shape index (κ3) is 1.74. The van der Waals surface area contributed by atoms with Gasteiger partial charge < -0.3 is 0 Å². The van der Waals surface area contributed by atoms with Crippen LogP contribution in [0.2, 0.25) is 0 Å². The molecule has 1 unspecified atom stereocenters. The van der Waals surface area contributed by atoms with Gasteiger partial charge in [-0.1, -0.05) is 6.07 Å². The van der Waals surface area contributed by atoms with E-state index in [0.29, 0.717) is 0 Å². The maximum Gasteiger partial charge on any atom is 0.108 e. The van der Waals surface area contributed by atoms with Crippen LogP contribution in [0.5, 0.6) is 0 Å². The molecule has 2 aromatic heterocycles. The van der Waals surface area contributed by atoms with E-state index >= 15 is 0 Å². The summed E-state index contributed by atoms with van der Waals surface area (Å²) in [7, 11) is 1.88. The Hall–Kier alpha value is -0.320. The van der Waals surface area contributed by atoms with E-state index in [9.17, 15) is 0 Å². The first-order valence-electron chi connectivity index (χ1n) is 4.05. The Kier molecular flexibility index (Phi) is 2.95. The molecule has 0 saturated heterocycles. The average Bonchev–Trinajstić information content (AvgIpc) is 2.77. The predicted molar refractivity (Wildman–Crippen MR) is 62.9 cm³/mol. The summed E-state index contributed by atoms with van der Waals surface area (Å²) >= 11 is 11.4. The van der Waals surface area contributed by atoms with Gasteiger partial charge in [0.05, 0.1) is 11.6 Å². The van der Waals surface area contributed by atoms with Crippen LogP contribution in [0.4, 0.5) is 0 Å². The molecule has 2 aromatic rings. The Balaban J connectivity index is 2.36. The van der Waals surface area contributed by atoms with Gasteiger partial charge in [-0.2, -0.15) is 5.10 Å². The number of alkyl halides is 1. The molecular weight excluding hydrogens is 284 g/mol. The Morgan fingerprint density at radius 1 is 1.64 bits per heavy atom. The van der Waals surface area contributed by atoms with Gasteiger partial charge in [-0.05, 0) is 27.4 Å². The minimum absolute atomic E-state index is 0.113. The van der Waals surface area contributed by atoms with Crippen molar-refractivity contribution < 1.29 is 0 Å². The summed E-state index contributed by atoms with van der Waals surface area (Å²) in [6.45, 7) is 0. The molecule has 0 saturated carbocycles. The molecule has 0 fully saturated rings. The van der Waals surface area contributed by atoms with Gasteiger partial charge in [0.25, 0.3) is 0 Å². The molecule has 2 heterocycles. The molecule has 1 atom stereocenters. The molecule has 2 nitrogen and oxygen atoms in total. The SMILES string of the molecule is Cn1ncc(C(Cl)c2cccs2)c1Br. The number of hydrogen-bond acceptors (Lipinski definition) is 2. The average molecular weight is 292 g/mol. The largest absolute Gasteiger partial charge is 0.261 e. The van der Waals surface area contributed by atoms with Gasteiger partial charge >= 0.3 is 0 Å². The monoisotopic (exact) mass is 290 g/mol. The second-order valence-corrected chi connectivity index (χ2v) is 5.06. The summed E-state index contributed by atoms with van der Waals surface area (Å²) < 4.78 is 2.70. The third-order valence-electron chi connectivity index (χ3n) is 1.96. The van der Waals surface area contributed by atoms with Gasteiger partial charge in [0.1, 0.15) is 4.60 Å². The molecule has 74 valence electrons. The van der Waals surface area contributed by atoms with Crippen LogP contribution in [0.25, 0.3) is 0 Å². The van der Waals surface area contributed by atoms with Gasteiger partial charge in [-0.15, -0.1) is 22.9 Å². The van der Waals surface area contributed by atoms with Crippen molar-refractivity contribution in [1.29, 1.82) is 0 Å². The summed E-state index contributed by atoms with van der Waals surface area (Å²) in [6.07, 6.45) is 1.79. The van der Waals surface area contributed by atoms with Crippen LogP contribution in [0.1, 0.15) is 15.8 Å². The molecule has 0 amide bonds. The number of aryl methyl sites for hydroxylation is 1. The van der Waals surface area contributed by atoms with Crippen molar-refractivity contribution in [3.63, 3.8) is 0 Å². The summed E-state index contributed by atoms with van der Waals surface area (Å²) in [6, 6.07) is 4.03. The van der Waals surface area contributed by atoms with Crippen molar-refractivity contribution in [2.75, 3.05) is 0 Å². The van der Waals surface area contributed by atoms with E-state index in [0.717, 1.165) is 15.0 Å². The minimum Gasteiger partial charge on any atom is -0.261 e. The van der Waals surface area contributed by atoms with Crippen molar-refractivity contribution in [1.82, 2.24) is 9.78 Å². The third-order valence-corrected chi connectivity index (χ3v) is 4.47. The van der Waals surface area contributed by atoms with Crippen LogP contribution >= 0.6 is 38.9 Å². The highest BCUT2D eigenvalue weighted by Crippen LogP contribution is 2.35. The maximum atomic E-state index is 6.32. The number of nitrogens with zero attached hydrogens (tertiary/aromatic N) is 2. The van der Waals surface area contributed by atoms with E-state index in [1.54, 1.807) is 22.2 Å². The van der Waals surface area contributed by atoms with Crippen LogP contribution in [0.3, 0.4) is 0 Å².